The van der Waals surface area contributed by atoms with Crippen LogP contribution >= 0.6 is 0 Å². The number of hydrogen-bond acceptors (Lipinski definition) is 5. The zero-order chi connectivity index (χ0) is 20.3. The Morgan fingerprint density at radius 2 is 1.50 bits per heavy atom. The Morgan fingerprint density at radius 1 is 0.893 bits per heavy atom. The van der Waals surface area contributed by atoms with Crippen molar-refractivity contribution in [3.8, 4) is 11.1 Å². The van der Waals surface area contributed by atoms with Crippen LogP contribution in [0.3, 0.4) is 0 Å². The molecule has 1 aromatic carbocycles. The maximum absolute atomic E-state index is 12.0. The summed E-state index contributed by atoms with van der Waals surface area (Å²) in [4.78, 5) is 9.46. The van der Waals surface area contributed by atoms with Crippen LogP contribution in [0.1, 0.15) is 27.7 Å². The molecule has 1 N–H and O–H groups in total. The minimum absolute atomic E-state index is 0.466. The van der Waals surface area contributed by atoms with Gasteiger partial charge in [-0.2, -0.15) is 0 Å². The Labute approximate surface area is 168 Å². The molecule has 2 heterocycles. The summed E-state index contributed by atoms with van der Waals surface area (Å²) in [6.07, 6.45) is 1.89. The van der Waals surface area contributed by atoms with E-state index in [1.807, 2.05) is 18.3 Å². The highest BCUT2D eigenvalue weighted by Gasteiger charge is 2.19. The fourth-order valence-corrected chi connectivity index (χ4v) is 3.92. The van der Waals surface area contributed by atoms with Gasteiger partial charge in [-0.3, -0.25) is 9.62 Å². The van der Waals surface area contributed by atoms with E-state index >= 15 is 0 Å². The van der Waals surface area contributed by atoms with Gasteiger partial charge in [0.05, 0.1) is 5.25 Å². The molecule has 7 heteroatoms. The second-order valence-corrected chi connectivity index (χ2v) is 10.0. The molecule has 0 radical (unpaired) electrons. The predicted molar refractivity (Wildman–Crippen MR) is 116 cm³/mol. The van der Waals surface area contributed by atoms with Gasteiger partial charge in [-0.1, -0.05) is 12.1 Å². The van der Waals surface area contributed by atoms with Crippen LogP contribution in [-0.2, 0) is 10.0 Å². The lowest BCUT2D eigenvalue weighted by molar-refractivity contribution is 0.209. The zero-order valence-electron chi connectivity index (χ0n) is 17.1. The molecule has 1 aromatic heterocycles. The normalized spacial score (nSPS) is 16.0. The summed E-state index contributed by atoms with van der Waals surface area (Å²) in [5.41, 5.74) is 2.60. The quantitative estimate of drug-likeness (QED) is 0.802. The number of aromatic nitrogens is 1. The summed E-state index contributed by atoms with van der Waals surface area (Å²) in [5.74, 6) is 1.01. The number of pyridine rings is 1. The van der Waals surface area contributed by atoms with Crippen molar-refractivity contribution in [3.05, 3.63) is 42.6 Å². The number of nitrogens with zero attached hydrogens (tertiary/aromatic N) is 3. The number of nitrogens with one attached hydrogen (secondary N) is 1. The topological polar surface area (TPSA) is 65.5 Å². The molecule has 0 unspecified atom stereocenters. The van der Waals surface area contributed by atoms with Crippen LogP contribution < -0.4 is 9.62 Å². The highest BCUT2D eigenvalue weighted by Crippen LogP contribution is 2.24. The third-order valence-electron chi connectivity index (χ3n) is 5.22. The highest BCUT2D eigenvalue weighted by atomic mass is 32.2. The molecule has 2 aromatic rings. The van der Waals surface area contributed by atoms with E-state index in [1.165, 1.54) is 0 Å². The molecule has 0 bridgehead atoms. The van der Waals surface area contributed by atoms with Gasteiger partial charge in [-0.15, -0.1) is 0 Å². The molecule has 0 atom stereocenters. The van der Waals surface area contributed by atoms with Gasteiger partial charge in [0, 0.05) is 49.7 Å². The molecule has 0 saturated carbocycles. The SMILES string of the molecule is CC(C)N1CCN(c2ccc(-c3ccc(NS(=O)(=O)C(C)C)cc3)cn2)CC1. The van der Waals surface area contributed by atoms with E-state index in [1.54, 1.807) is 26.0 Å². The Hall–Kier alpha value is -2.12. The lowest BCUT2D eigenvalue weighted by atomic mass is 10.1. The van der Waals surface area contributed by atoms with Crippen molar-refractivity contribution in [1.29, 1.82) is 0 Å². The molecule has 1 aliphatic heterocycles. The van der Waals surface area contributed by atoms with Crippen LogP contribution in [0.25, 0.3) is 11.1 Å². The number of anilines is 2. The molecule has 1 saturated heterocycles. The third-order valence-corrected chi connectivity index (χ3v) is 6.98. The van der Waals surface area contributed by atoms with Gasteiger partial charge in [0.2, 0.25) is 10.0 Å². The summed E-state index contributed by atoms with van der Waals surface area (Å²) in [5, 5.41) is -0.466. The second kappa shape index (κ2) is 8.49. The van der Waals surface area contributed by atoms with E-state index in [-0.39, 0.29) is 0 Å². The summed E-state index contributed by atoms with van der Waals surface area (Å²) < 4.78 is 26.5. The Balaban J connectivity index is 1.65. The number of piperazine rings is 1. The standard InChI is InChI=1S/C21H30N4O2S/c1-16(2)24-11-13-25(14-12-24)21-10-7-19(15-22-21)18-5-8-20(9-6-18)23-28(26,27)17(3)4/h5-10,15-17,23H,11-14H2,1-4H3. The molecule has 6 nitrogen and oxygen atoms in total. The first-order chi connectivity index (χ1) is 13.3. The number of benzene rings is 1. The zero-order valence-corrected chi connectivity index (χ0v) is 17.9. The minimum Gasteiger partial charge on any atom is -0.354 e. The number of sulfonamides is 1. The number of hydrogen-bond donors (Lipinski definition) is 1. The summed E-state index contributed by atoms with van der Waals surface area (Å²) in [6.45, 7) is 11.9. The van der Waals surface area contributed by atoms with Crippen LogP contribution in [0, 0.1) is 0 Å². The van der Waals surface area contributed by atoms with Crippen molar-refractivity contribution in [2.24, 2.45) is 0 Å². The van der Waals surface area contributed by atoms with Crippen LogP contribution in [0.4, 0.5) is 11.5 Å². The smallest absolute Gasteiger partial charge is 0.235 e. The van der Waals surface area contributed by atoms with E-state index in [9.17, 15) is 8.42 Å². The molecular formula is C21H30N4O2S. The first-order valence-corrected chi connectivity index (χ1v) is 11.4. The van der Waals surface area contributed by atoms with Crippen molar-refractivity contribution in [1.82, 2.24) is 9.88 Å². The lowest BCUT2D eigenvalue weighted by Gasteiger charge is -2.37. The minimum atomic E-state index is -3.33. The molecule has 0 aliphatic carbocycles. The van der Waals surface area contributed by atoms with Crippen molar-refractivity contribution in [3.63, 3.8) is 0 Å². The number of rotatable bonds is 6. The molecule has 3 rings (SSSR count). The molecule has 0 spiro atoms. The van der Waals surface area contributed by atoms with Crippen LogP contribution in [0.15, 0.2) is 42.6 Å². The molecular weight excluding hydrogens is 372 g/mol. The van der Waals surface area contributed by atoms with E-state index < -0.39 is 15.3 Å². The summed E-state index contributed by atoms with van der Waals surface area (Å²) >= 11 is 0. The molecule has 152 valence electrons. The fourth-order valence-electron chi connectivity index (χ4n) is 3.22. The second-order valence-electron chi connectivity index (χ2n) is 7.80. The Kier molecular flexibility index (Phi) is 6.25. The maximum Gasteiger partial charge on any atom is 0.235 e. The first-order valence-electron chi connectivity index (χ1n) is 9.83. The van der Waals surface area contributed by atoms with Gasteiger partial charge in [0.15, 0.2) is 0 Å². The van der Waals surface area contributed by atoms with Crippen molar-refractivity contribution in [2.45, 2.75) is 39.0 Å². The molecule has 28 heavy (non-hydrogen) atoms. The molecule has 0 amide bonds. The van der Waals surface area contributed by atoms with Gasteiger partial charge < -0.3 is 4.90 Å². The summed E-state index contributed by atoms with van der Waals surface area (Å²) in [6, 6.07) is 12.1. The van der Waals surface area contributed by atoms with Crippen molar-refractivity contribution < 1.29 is 8.42 Å². The van der Waals surface area contributed by atoms with Crippen LogP contribution in [0.2, 0.25) is 0 Å². The predicted octanol–water partition coefficient (Wildman–Crippen LogP) is 3.43. The average Bonchev–Trinajstić information content (AvgIpc) is 2.68. The van der Waals surface area contributed by atoms with Gasteiger partial charge in [0.1, 0.15) is 5.82 Å². The molecule has 1 aliphatic rings. The van der Waals surface area contributed by atoms with Gasteiger partial charge >= 0.3 is 0 Å². The largest absolute Gasteiger partial charge is 0.354 e. The lowest BCUT2D eigenvalue weighted by Crippen LogP contribution is -2.49. The summed E-state index contributed by atoms with van der Waals surface area (Å²) in [7, 11) is -3.33. The maximum atomic E-state index is 12.0. The molecule has 1 fully saturated rings. The van der Waals surface area contributed by atoms with E-state index in [0.717, 1.165) is 43.1 Å². The Morgan fingerprint density at radius 3 is 2.00 bits per heavy atom. The third kappa shape index (κ3) is 4.83. The fraction of sp³-hybridized carbons (Fsp3) is 0.476. The van der Waals surface area contributed by atoms with Crippen molar-refractivity contribution in [2.75, 3.05) is 35.8 Å². The van der Waals surface area contributed by atoms with E-state index in [0.29, 0.717) is 11.7 Å². The van der Waals surface area contributed by atoms with Crippen LogP contribution in [-0.4, -0.2) is 55.8 Å². The van der Waals surface area contributed by atoms with Gasteiger partial charge in [0.25, 0.3) is 0 Å². The van der Waals surface area contributed by atoms with Gasteiger partial charge in [-0.25, -0.2) is 13.4 Å². The highest BCUT2D eigenvalue weighted by molar-refractivity contribution is 7.93. The van der Waals surface area contributed by atoms with E-state index in [4.69, 9.17) is 0 Å². The van der Waals surface area contributed by atoms with E-state index in [2.05, 4.69) is 45.5 Å². The average molecular weight is 403 g/mol. The first kappa shape index (κ1) is 20.6. The van der Waals surface area contributed by atoms with Crippen molar-refractivity contribution >= 4 is 21.5 Å². The van der Waals surface area contributed by atoms with Gasteiger partial charge in [-0.05, 0) is 57.5 Å². The Bertz CT molecular complexity index is 870. The van der Waals surface area contributed by atoms with Crippen LogP contribution in [0.5, 0.6) is 0 Å². The monoisotopic (exact) mass is 402 g/mol.